The number of nitrogens with one attached hydrogen (secondary N) is 3. The molecular weight excluding hydrogens is 314 g/mol. The Balaban J connectivity index is 1.86. The van der Waals surface area contributed by atoms with Crippen LogP contribution in [0.5, 0.6) is 0 Å². The Kier molecular flexibility index (Phi) is 5.75. The van der Waals surface area contributed by atoms with Crippen LogP contribution < -0.4 is 10.9 Å². The van der Waals surface area contributed by atoms with Gasteiger partial charge in [-0.3, -0.25) is 20.4 Å². The van der Waals surface area contributed by atoms with Crippen molar-refractivity contribution in [1.82, 2.24) is 25.8 Å². The zero-order chi connectivity index (χ0) is 16.8. The number of aromatic nitrogens is 3. The van der Waals surface area contributed by atoms with Gasteiger partial charge in [0.1, 0.15) is 5.69 Å². The van der Waals surface area contributed by atoms with Gasteiger partial charge in [0, 0.05) is 24.0 Å². The van der Waals surface area contributed by atoms with Crippen LogP contribution in [-0.4, -0.2) is 33.0 Å². The molecule has 0 radical (unpaired) electrons. The van der Waals surface area contributed by atoms with Gasteiger partial charge in [-0.1, -0.05) is 11.8 Å². The number of carbonyl (C=O) groups is 2. The summed E-state index contributed by atoms with van der Waals surface area (Å²) in [5, 5.41) is 0.728. The van der Waals surface area contributed by atoms with E-state index in [4.69, 9.17) is 0 Å². The number of hydrogen-bond donors (Lipinski definition) is 3. The summed E-state index contributed by atoms with van der Waals surface area (Å²) in [5.41, 5.74) is 7.88. The van der Waals surface area contributed by atoms with Crippen molar-refractivity contribution >= 4 is 23.6 Å². The first kappa shape index (κ1) is 17.0. The zero-order valence-corrected chi connectivity index (χ0v) is 14.1. The standard InChI is InChI=1S/C15H19N5O2S/c1-9-11(10(2)18-15(17-9)23-3)6-7-13(21)19-20-14(22)12-5-4-8-16-12/h4-5,8,16H,6-7H2,1-3H3,(H,19,21)(H,20,22). The maximum Gasteiger partial charge on any atom is 0.286 e. The Bertz CT molecular complexity index is 677. The second kappa shape index (κ2) is 7.77. The minimum absolute atomic E-state index is 0.245. The van der Waals surface area contributed by atoms with Gasteiger partial charge in [-0.2, -0.15) is 0 Å². The lowest BCUT2D eigenvalue weighted by molar-refractivity contribution is -0.121. The van der Waals surface area contributed by atoms with Crippen molar-refractivity contribution in [3.8, 4) is 0 Å². The molecule has 0 unspecified atom stereocenters. The first-order valence-electron chi connectivity index (χ1n) is 7.12. The summed E-state index contributed by atoms with van der Waals surface area (Å²) in [4.78, 5) is 35.1. The van der Waals surface area contributed by atoms with Crippen molar-refractivity contribution < 1.29 is 9.59 Å². The average Bonchev–Trinajstić information content (AvgIpc) is 3.06. The maximum absolute atomic E-state index is 11.9. The number of carbonyl (C=O) groups excluding carboxylic acids is 2. The summed E-state index contributed by atoms with van der Waals surface area (Å²) in [7, 11) is 0. The van der Waals surface area contributed by atoms with Gasteiger partial charge in [-0.15, -0.1) is 0 Å². The Hall–Kier alpha value is -2.35. The van der Waals surface area contributed by atoms with Crippen LogP contribution in [0.4, 0.5) is 0 Å². The lowest BCUT2D eigenvalue weighted by Crippen LogP contribution is -2.41. The number of amides is 2. The van der Waals surface area contributed by atoms with Crippen molar-refractivity contribution in [3.63, 3.8) is 0 Å². The fraction of sp³-hybridized carbons (Fsp3) is 0.333. The van der Waals surface area contributed by atoms with Gasteiger partial charge in [-0.05, 0) is 44.2 Å². The van der Waals surface area contributed by atoms with E-state index in [1.54, 1.807) is 18.3 Å². The predicted molar refractivity (Wildman–Crippen MR) is 88.0 cm³/mol. The molecule has 3 N–H and O–H groups in total. The first-order chi connectivity index (χ1) is 11.0. The van der Waals surface area contributed by atoms with Gasteiger partial charge in [-0.25, -0.2) is 9.97 Å². The Labute approximate surface area is 138 Å². The van der Waals surface area contributed by atoms with Crippen LogP contribution in [0, 0.1) is 13.8 Å². The number of thioether (sulfide) groups is 1. The third-order valence-corrected chi connectivity index (χ3v) is 3.89. The molecule has 8 heteroatoms. The molecule has 0 aliphatic carbocycles. The predicted octanol–water partition coefficient (Wildman–Crippen LogP) is 1.54. The number of rotatable bonds is 5. The van der Waals surface area contributed by atoms with E-state index in [1.165, 1.54) is 11.8 Å². The van der Waals surface area contributed by atoms with Crippen molar-refractivity contribution in [2.24, 2.45) is 0 Å². The molecular formula is C15H19N5O2S. The van der Waals surface area contributed by atoms with E-state index in [1.807, 2.05) is 20.1 Å². The molecule has 2 aromatic rings. The smallest absolute Gasteiger partial charge is 0.286 e. The molecule has 0 aromatic carbocycles. The van der Waals surface area contributed by atoms with Crippen molar-refractivity contribution in [3.05, 3.63) is 41.0 Å². The molecule has 2 amide bonds. The molecule has 0 atom stereocenters. The molecule has 0 fully saturated rings. The Morgan fingerprint density at radius 2 is 1.91 bits per heavy atom. The van der Waals surface area contributed by atoms with Crippen LogP contribution in [-0.2, 0) is 11.2 Å². The number of H-pyrrole nitrogens is 1. The summed E-state index contributed by atoms with van der Waals surface area (Å²) in [6.45, 7) is 3.82. The highest BCUT2D eigenvalue weighted by Gasteiger charge is 2.11. The number of hydrazine groups is 1. The second-order valence-corrected chi connectivity index (χ2v) is 5.72. The third kappa shape index (κ3) is 4.56. The number of aryl methyl sites for hydroxylation is 2. The molecule has 2 aromatic heterocycles. The summed E-state index contributed by atoms with van der Waals surface area (Å²) >= 11 is 1.49. The summed E-state index contributed by atoms with van der Waals surface area (Å²) in [6.07, 6.45) is 4.33. The number of aromatic amines is 1. The molecule has 0 aliphatic heterocycles. The second-order valence-electron chi connectivity index (χ2n) is 4.95. The molecule has 0 spiro atoms. The van der Waals surface area contributed by atoms with Crippen LogP contribution in [0.15, 0.2) is 23.5 Å². The van der Waals surface area contributed by atoms with E-state index in [2.05, 4.69) is 25.8 Å². The Morgan fingerprint density at radius 1 is 1.22 bits per heavy atom. The topological polar surface area (TPSA) is 99.8 Å². The van der Waals surface area contributed by atoms with E-state index in [0.29, 0.717) is 12.1 Å². The SMILES string of the molecule is CSc1nc(C)c(CCC(=O)NNC(=O)c2ccc[nH]2)c(C)n1. The minimum Gasteiger partial charge on any atom is -0.357 e. The highest BCUT2D eigenvalue weighted by Crippen LogP contribution is 2.16. The van der Waals surface area contributed by atoms with Gasteiger partial charge in [0.05, 0.1) is 0 Å². The van der Waals surface area contributed by atoms with Crippen LogP contribution in [0.3, 0.4) is 0 Å². The highest BCUT2D eigenvalue weighted by atomic mass is 32.2. The molecule has 23 heavy (non-hydrogen) atoms. The van der Waals surface area contributed by atoms with Crippen molar-refractivity contribution in [2.75, 3.05) is 6.26 Å². The summed E-state index contributed by atoms with van der Waals surface area (Å²) < 4.78 is 0. The summed E-state index contributed by atoms with van der Waals surface area (Å²) in [6, 6.07) is 3.33. The average molecular weight is 333 g/mol. The van der Waals surface area contributed by atoms with Crippen LogP contribution in [0.1, 0.15) is 33.9 Å². The number of hydrogen-bond acceptors (Lipinski definition) is 5. The van der Waals surface area contributed by atoms with Crippen LogP contribution in [0.25, 0.3) is 0 Å². The lowest BCUT2D eigenvalue weighted by Gasteiger charge is -2.10. The van der Waals surface area contributed by atoms with Gasteiger partial charge in [0.2, 0.25) is 5.91 Å². The van der Waals surface area contributed by atoms with E-state index in [-0.39, 0.29) is 18.2 Å². The fourth-order valence-electron chi connectivity index (χ4n) is 2.13. The third-order valence-electron chi connectivity index (χ3n) is 3.34. The molecule has 122 valence electrons. The molecule has 7 nitrogen and oxygen atoms in total. The van der Waals surface area contributed by atoms with Crippen molar-refractivity contribution in [1.29, 1.82) is 0 Å². The quantitative estimate of drug-likeness (QED) is 0.438. The van der Waals surface area contributed by atoms with E-state index in [0.717, 1.165) is 22.1 Å². The van der Waals surface area contributed by atoms with Gasteiger partial charge < -0.3 is 4.98 Å². The normalized spacial score (nSPS) is 10.4. The molecule has 0 aliphatic rings. The van der Waals surface area contributed by atoms with Crippen LogP contribution >= 0.6 is 11.8 Å². The van der Waals surface area contributed by atoms with Gasteiger partial charge >= 0.3 is 0 Å². The van der Waals surface area contributed by atoms with Crippen molar-refractivity contribution in [2.45, 2.75) is 31.8 Å². The Morgan fingerprint density at radius 3 is 2.48 bits per heavy atom. The van der Waals surface area contributed by atoms with E-state index in [9.17, 15) is 9.59 Å². The summed E-state index contributed by atoms with van der Waals surface area (Å²) in [5.74, 6) is -0.652. The number of nitrogens with zero attached hydrogens (tertiary/aromatic N) is 2. The molecule has 0 saturated carbocycles. The van der Waals surface area contributed by atoms with E-state index < -0.39 is 0 Å². The molecule has 0 bridgehead atoms. The molecule has 2 heterocycles. The first-order valence-corrected chi connectivity index (χ1v) is 8.34. The zero-order valence-electron chi connectivity index (χ0n) is 13.3. The monoisotopic (exact) mass is 333 g/mol. The fourth-order valence-corrected chi connectivity index (χ4v) is 2.58. The lowest BCUT2D eigenvalue weighted by atomic mass is 10.1. The maximum atomic E-state index is 11.9. The largest absolute Gasteiger partial charge is 0.357 e. The molecule has 2 rings (SSSR count). The van der Waals surface area contributed by atoms with Crippen LogP contribution in [0.2, 0.25) is 0 Å². The van der Waals surface area contributed by atoms with E-state index >= 15 is 0 Å². The molecule has 0 saturated heterocycles. The van der Waals surface area contributed by atoms with Gasteiger partial charge in [0.25, 0.3) is 5.91 Å². The highest BCUT2D eigenvalue weighted by molar-refractivity contribution is 7.98. The minimum atomic E-state index is -0.386. The van der Waals surface area contributed by atoms with Gasteiger partial charge in [0.15, 0.2) is 5.16 Å².